The third-order valence-electron chi connectivity index (χ3n) is 14.9. The minimum atomic E-state index is -0.755. The third kappa shape index (κ3) is 5.52. The summed E-state index contributed by atoms with van der Waals surface area (Å²) in [6.45, 7) is 17.5. The Balaban J connectivity index is 0.960. The number of unbranched alkanes of at least 4 members (excludes halogenated alkanes) is 1. The Kier molecular flexibility index (Phi) is 8.48. The number of aryl methyl sites for hydroxylation is 2. The topological polar surface area (TPSA) is 36.9 Å². The number of benzene rings is 8. The Morgan fingerprint density at radius 1 is 0.400 bits per heavy atom. The van der Waals surface area contributed by atoms with Gasteiger partial charge in [-0.05, 0) is 0 Å². The number of hydrogen-bond donors (Lipinski definition) is 0. The molecule has 0 radical (unpaired) electrons. The summed E-state index contributed by atoms with van der Waals surface area (Å²) in [6.07, 6.45) is 4.18. The molecule has 298 valence electrons. The Labute approximate surface area is 371 Å². The predicted molar refractivity (Wildman–Crippen MR) is 257 cm³/mol. The second-order valence-corrected chi connectivity index (χ2v) is 25.5. The van der Waals surface area contributed by atoms with E-state index in [2.05, 4.69) is 152 Å². The van der Waals surface area contributed by atoms with Crippen molar-refractivity contribution in [1.29, 1.82) is 0 Å². The molecule has 0 spiro atoms. The molecular formula is C52H48B2O4Te2. The third-order valence-corrected chi connectivity index (χ3v) is 22.3. The quantitative estimate of drug-likeness (QED) is 0.0906. The van der Waals surface area contributed by atoms with Crippen molar-refractivity contribution in [2.75, 3.05) is 0 Å². The Morgan fingerprint density at radius 2 is 0.733 bits per heavy atom. The average molecular weight is 1010 g/mol. The molecule has 12 rings (SSSR count). The monoisotopic (exact) mass is 1020 g/mol. The number of rotatable bonds is 7. The fourth-order valence-corrected chi connectivity index (χ4v) is 17.8. The molecule has 2 aliphatic heterocycles. The van der Waals surface area contributed by atoms with Crippen LogP contribution in [0.3, 0.4) is 0 Å². The average Bonchev–Trinajstić information content (AvgIpc) is 3.89. The van der Waals surface area contributed by atoms with E-state index >= 15 is 0 Å². The summed E-state index contributed by atoms with van der Waals surface area (Å²) < 4.78 is 33.5. The van der Waals surface area contributed by atoms with Crippen LogP contribution < -0.4 is 6.96 Å². The second kappa shape index (κ2) is 13.2. The Morgan fingerprint density at radius 3 is 1.10 bits per heavy atom. The van der Waals surface area contributed by atoms with Crippen LogP contribution in [-0.4, -0.2) is 77.5 Å². The molecule has 0 atom stereocenters. The van der Waals surface area contributed by atoms with Gasteiger partial charge < -0.3 is 0 Å². The van der Waals surface area contributed by atoms with E-state index in [1.807, 2.05) is 0 Å². The normalized spacial score (nSPS) is 18.8. The fraction of sp³-hybridized carbons (Fsp3) is 0.308. The summed E-state index contributed by atoms with van der Waals surface area (Å²) in [6, 6.07) is 37.2. The zero-order chi connectivity index (χ0) is 41.1. The minimum absolute atomic E-state index is 0.310. The number of hydrogen-bond acceptors (Lipinski definition) is 4. The van der Waals surface area contributed by atoms with Crippen LogP contribution in [0.15, 0.2) is 97.1 Å². The molecule has 8 heteroatoms. The first kappa shape index (κ1) is 38.5. The van der Waals surface area contributed by atoms with E-state index in [1.54, 1.807) is 6.80 Å². The standard InChI is InChI=1S/C52H48B2O4Te2/c1-49(2)50(3,4)56-53(55-49)47-35(39-27-33-21-19-29-13-11-15-31-23-25-37(45(39)59-47)43(33)41(29)31)17-9-10-18-36-40-28-34-22-20-30-14-12-16-32-24-26-38(44(34)42(30)32)46(40)60-48(36)54-57-51(5,6)52(7,8)58-54/h11-16,19-28H,9-10,17-18H2,1-8H3. The van der Waals surface area contributed by atoms with Crippen LogP contribution in [0.4, 0.5) is 0 Å². The summed E-state index contributed by atoms with van der Waals surface area (Å²) in [5, 5.41) is 19.3. The van der Waals surface area contributed by atoms with Crippen molar-refractivity contribution in [2.24, 2.45) is 0 Å². The molecule has 4 nitrogen and oxygen atoms in total. The van der Waals surface area contributed by atoms with Gasteiger partial charge in [0.1, 0.15) is 0 Å². The van der Waals surface area contributed by atoms with Gasteiger partial charge in [-0.1, -0.05) is 0 Å². The van der Waals surface area contributed by atoms with Gasteiger partial charge in [0.15, 0.2) is 0 Å². The van der Waals surface area contributed by atoms with Crippen LogP contribution in [0, 0.1) is 0 Å². The zero-order valence-electron chi connectivity index (χ0n) is 35.7. The van der Waals surface area contributed by atoms with Crippen molar-refractivity contribution in [3.8, 4) is 0 Å². The van der Waals surface area contributed by atoms with Gasteiger partial charge in [0.2, 0.25) is 0 Å². The van der Waals surface area contributed by atoms with E-state index in [1.165, 1.54) is 93.5 Å². The molecular weight excluding hydrogens is 965 g/mol. The molecule has 0 amide bonds. The van der Waals surface area contributed by atoms with Crippen molar-refractivity contribution in [2.45, 2.75) is 103 Å². The summed E-state index contributed by atoms with van der Waals surface area (Å²) in [5.74, 6) is 0. The van der Waals surface area contributed by atoms with Gasteiger partial charge in [0.05, 0.1) is 0 Å². The van der Waals surface area contributed by atoms with E-state index < -0.39 is 40.9 Å². The molecule has 0 aliphatic carbocycles. The predicted octanol–water partition coefficient (Wildman–Crippen LogP) is 11.1. The van der Waals surface area contributed by atoms with Gasteiger partial charge in [-0.2, -0.15) is 0 Å². The summed E-state index contributed by atoms with van der Waals surface area (Å²) in [4.78, 5) is 0. The SMILES string of the molecule is CC1(C)OB(c2[te]c3c(cc4ccc5cccc6ccc3c4c56)c2CCCCc2c(B3OC(C)(C)C(C)(C)O3)[te]c3c2cc2ccc4cccc5ccc3c2c45)OC1(C)C. The first-order valence-electron chi connectivity index (χ1n) is 21.6. The molecule has 2 saturated heterocycles. The Hall–Kier alpha value is -3.13. The van der Waals surface area contributed by atoms with Gasteiger partial charge in [0.25, 0.3) is 0 Å². The van der Waals surface area contributed by atoms with Crippen molar-refractivity contribution in [3.05, 3.63) is 108 Å². The van der Waals surface area contributed by atoms with E-state index in [0.717, 1.165) is 25.7 Å². The summed E-state index contributed by atoms with van der Waals surface area (Å²) >= 11 is -1.51. The second-order valence-electron chi connectivity index (χ2n) is 19.5. The molecule has 0 unspecified atom stereocenters. The molecule has 0 saturated carbocycles. The molecule has 2 fully saturated rings. The molecule has 8 aromatic carbocycles. The first-order chi connectivity index (χ1) is 28.7. The van der Waals surface area contributed by atoms with E-state index in [-0.39, 0.29) is 36.6 Å². The van der Waals surface area contributed by atoms with Crippen LogP contribution in [0.1, 0.15) is 79.4 Å². The van der Waals surface area contributed by atoms with Crippen molar-refractivity contribution in [1.82, 2.24) is 0 Å². The van der Waals surface area contributed by atoms with Gasteiger partial charge in [-0.25, -0.2) is 0 Å². The summed E-state index contributed by atoms with van der Waals surface area (Å²) in [7, 11) is -0.621. The first-order valence-corrected chi connectivity index (χ1v) is 26.3. The van der Waals surface area contributed by atoms with Crippen LogP contribution in [0.5, 0.6) is 0 Å². The van der Waals surface area contributed by atoms with Crippen molar-refractivity contribution >= 4 is 144 Å². The molecule has 2 aliphatic rings. The Bertz CT molecular complexity index is 3090. The van der Waals surface area contributed by atoms with Gasteiger partial charge in [-0.15, -0.1) is 0 Å². The summed E-state index contributed by atoms with van der Waals surface area (Å²) in [5.41, 5.74) is 1.41. The van der Waals surface area contributed by atoms with E-state index in [9.17, 15) is 0 Å². The van der Waals surface area contributed by atoms with Crippen LogP contribution >= 0.6 is 0 Å². The number of fused-ring (bicyclic) bond motifs is 4. The maximum absolute atomic E-state index is 6.88. The molecule has 10 aromatic rings. The molecule has 2 aromatic heterocycles. The van der Waals surface area contributed by atoms with E-state index in [4.69, 9.17) is 18.6 Å². The van der Waals surface area contributed by atoms with Crippen LogP contribution in [-0.2, 0) is 31.5 Å². The van der Waals surface area contributed by atoms with Gasteiger partial charge in [-0.3, -0.25) is 0 Å². The van der Waals surface area contributed by atoms with Crippen LogP contribution in [0.25, 0.3) is 82.2 Å². The van der Waals surface area contributed by atoms with Gasteiger partial charge in [0, 0.05) is 0 Å². The van der Waals surface area contributed by atoms with Crippen molar-refractivity contribution < 1.29 is 18.6 Å². The fourth-order valence-electron chi connectivity index (χ4n) is 10.2. The molecule has 4 heterocycles. The molecule has 0 N–H and O–H groups in total. The van der Waals surface area contributed by atoms with Gasteiger partial charge >= 0.3 is 375 Å². The molecule has 0 bridgehead atoms. The maximum atomic E-state index is 6.88. The van der Waals surface area contributed by atoms with Crippen molar-refractivity contribution in [3.63, 3.8) is 0 Å². The zero-order valence-corrected chi connectivity index (χ0v) is 40.3. The van der Waals surface area contributed by atoms with E-state index in [0.29, 0.717) is 0 Å². The van der Waals surface area contributed by atoms with Crippen LogP contribution in [0.2, 0.25) is 0 Å². The molecule has 60 heavy (non-hydrogen) atoms.